The van der Waals surface area contributed by atoms with E-state index < -0.39 is 11.9 Å². The Hall–Kier alpha value is -1.35. The fourth-order valence-electron chi connectivity index (χ4n) is 3.29. The largest absolute Gasteiger partial charge is 0.434 e. The van der Waals surface area contributed by atoms with E-state index in [9.17, 15) is 13.2 Å². The average Bonchev–Trinajstić information content (AvgIpc) is 3.27. The molecule has 9 heteroatoms. The molecule has 0 radical (unpaired) electrons. The molecule has 1 aromatic rings. The van der Waals surface area contributed by atoms with Gasteiger partial charge < -0.3 is 10.6 Å². The maximum absolute atomic E-state index is 12.6. The molecule has 1 aromatic heterocycles. The normalized spacial score (nSPS) is 17.5. The second-order valence-corrected chi connectivity index (χ2v) is 8.22. The maximum atomic E-state index is 12.6. The van der Waals surface area contributed by atoms with E-state index >= 15 is 0 Å². The van der Waals surface area contributed by atoms with E-state index in [0.717, 1.165) is 42.8 Å². The van der Waals surface area contributed by atoms with Crippen molar-refractivity contribution in [3.8, 4) is 0 Å². The number of aromatic nitrogens is 1. The third kappa shape index (κ3) is 7.29. The smallest absolute Gasteiger partial charge is 0.356 e. The molecule has 0 saturated carbocycles. The van der Waals surface area contributed by atoms with Gasteiger partial charge in [0.05, 0.1) is 5.01 Å². The standard InChI is InChI=1S/C18H30F3N5S/c1-13(2)10-14(26-8-4-5-9-26)11-24-17(22-3)23-7-6-16-25-15(12-27-16)18(19,20)21/h12-14H,4-11H2,1-3H3,(H2,22,23,24). The summed E-state index contributed by atoms with van der Waals surface area (Å²) in [5.41, 5.74) is -0.813. The van der Waals surface area contributed by atoms with Gasteiger partial charge in [-0.05, 0) is 38.3 Å². The average molecular weight is 406 g/mol. The van der Waals surface area contributed by atoms with E-state index in [0.29, 0.717) is 35.9 Å². The molecule has 0 aliphatic carbocycles. The predicted octanol–water partition coefficient (Wildman–Crippen LogP) is 3.38. The van der Waals surface area contributed by atoms with Crippen LogP contribution in [0.5, 0.6) is 0 Å². The van der Waals surface area contributed by atoms with Crippen molar-refractivity contribution in [1.82, 2.24) is 20.5 Å². The van der Waals surface area contributed by atoms with Crippen LogP contribution in [0.3, 0.4) is 0 Å². The lowest BCUT2D eigenvalue weighted by Crippen LogP contribution is -2.47. The molecule has 2 N–H and O–H groups in total. The SMILES string of the molecule is CN=C(NCCc1nc(C(F)(F)F)cs1)NCC(CC(C)C)N1CCCC1. The van der Waals surface area contributed by atoms with Crippen LogP contribution >= 0.6 is 11.3 Å². The van der Waals surface area contributed by atoms with E-state index in [2.05, 4.69) is 39.4 Å². The number of alkyl halides is 3. The van der Waals surface area contributed by atoms with Crippen molar-refractivity contribution in [1.29, 1.82) is 0 Å². The highest BCUT2D eigenvalue weighted by Crippen LogP contribution is 2.30. The number of likely N-dealkylation sites (tertiary alicyclic amines) is 1. The van der Waals surface area contributed by atoms with Crippen molar-refractivity contribution in [3.63, 3.8) is 0 Å². The molecule has 1 aliphatic rings. The Morgan fingerprint density at radius 2 is 2.00 bits per heavy atom. The molecule has 5 nitrogen and oxygen atoms in total. The van der Waals surface area contributed by atoms with Gasteiger partial charge >= 0.3 is 6.18 Å². The van der Waals surface area contributed by atoms with Crippen molar-refractivity contribution in [2.24, 2.45) is 10.9 Å². The van der Waals surface area contributed by atoms with Crippen LogP contribution in [0.25, 0.3) is 0 Å². The first-order valence-corrected chi connectivity index (χ1v) is 10.4. The highest BCUT2D eigenvalue weighted by Gasteiger charge is 2.33. The number of rotatable bonds is 8. The lowest BCUT2D eigenvalue weighted by molar-refractivity contribution is -0.140. The van der Waals surface area contributed by atoms with Crippen LogP contribution in [0.1, 0.15) is 43.8 Å². The minimum absolute atomic E-state index is 0.434. The molecule has 0 amide bonds. The summed E-state index contributed by atoms with van der Waals surface area (Å²) in [6.07, 6.45) is -0.294. The summed E-state index contributed by atoms with van der Waals surface area (Å²) in [4.78, 5) is 10.4. The van der Waals surface area contributed by atoms with E-state index in [1.165, 1.54) is 12.8 Å². The van der Waals surface area contributed by atoms with Crippen LogP contribution in [-0.4, -0.2) is 55.1 Å². The summed E-state index contributed by atoms with van der Waals surface area (Å²) in [5, 5.41) is 8.08. The third-order valence-corrected chi connectivity index (χ3v) is 5.51. The summed E-state index contributed by atoms with van der Waals surface area (Å²) in [5.74, 6) is 1.30. The number of nitrogens with zero attached hydrogens (tertiary/aromatic N) is 3. The second kappa shape index (κ2) is 10.3. The molecule has 1 aliphatic heterocycles. The number of hydrogen-bond donors (Lipinski definition) is 2. The van der Waals surface area contributed by atoms with E-state index in [-0.39, 0.29) is 0 Å². The Morgan fingerprint density at radius 3 is 2.56 bits per heavy atom. The van der Waals surface area contributed by atoms with Gasteiger partial charge in [-0.2, -0.15) is 13.2 Å². The summed E-state index contributed by atoms with van der Waals surface area (Å²) >= 11 is 1.04. The quantitative estimate of drug-likeness (QED) is 0.514. The van der Waals surface area contributed by atoms with E-state index in [4.69, 9.17) is 0 Å². The molecule has 2 rings (SSSR count). The fourth-order valence-corrected chi connectivity index (χ4v) is 4.10. The van der Waals surface area contributed by atoms with Crippen LogP contribution in [0, 0.1) is 5.92 Å². The molecule has 1 atom stereocenters. The molecule has 2 heterocycles. The highest BCUT2D eigenvalue weighted by molar-refractivity contribution is 7.09. The minimum Gasteiger partial charge on any atom is -0.356 e. The number of guanidine groups is 1. The molecule has 0 spiro atoms. The van der Waals surface area contributed by atoms with Crippen molar-refractivity contribution in [2.45, 2.75) is 51.7 Å². The maximum Gasteiger partial charge on any atom is 0.434 e. The van der Waals surface area contributed by atoms with E-state index in [1.807, 2.05) is 0 Å². The van der Waals surface area contributed by atoms with Gasteiger partial charge in [0.25, 0.3) is 0 Å². The van der Waals surface area contributed by atoms with Crippen LogP contribution < -0.4 is 10.6 Å². The highest BCUT2D eigenvalue weighted by atomic mass is 32.1. The Balaban J connectivity index is 1.78. The molecule has 0 aromatic carbocycles. The fraction of sp³-hybridized carbons (Fsp3) is 0.778. The molecule has 1 unspecified atom stereocenters. The molecule has 27 heavy (non-hydrogen) atoms. The van der Waals surface area contributed by atoms with E-state index in [1.54, 1.807) is 7.05 Å². The number of halogens is 3. The zero-order chi connectivity index (χ0) is 19.9. The Kier molecular flexibility index (Phi) is 8.34. The monoisotopic (exact) mass is 405 g/mol. The molecule has 154 valence electrons. The number of thiazole rings is 1. The molecule has 0 bridgehead atoms. The summed E-state index contributed by atoms with van der Waals surface area (Å²) < 4.78 is 37.8. The predicted molar refractivity (Wildman–Crippen MR) is 104 cm³/mol. The lowest BCUT2D eigenvalue weighted by Gasteiger charge is -2.29. The van der Waals surface area contributed by atoms with Crippen LogP contribution in [-0.2, 0) is 12.6 Å². The van der Waals surface area contributed by atoms with Crippen molar-refractivity contribution < 1.29 is 13.2 Å². The topological polar surface area (TPSA) is 52.6 Å². The van der Waals surface area contributed by atoms with Crippen molar-refractivity contribution in [3.05, 3.63) is 16.1 Å². The summed E-state index contributed by atoms with van der Waals surface area (Å²) in [6, 6.07) is 0.472. The zero-order valence-corrected chi connectivity index (χ0v) is 17.1. The first kappa shape index (κ1) is 21.9. The van der Waals surface area contributed by atoms with Gasteiger partial charge in [0.1, 0.15) is 0 Å². The first-order valence-electron chi connectivity index (χ1n) is 9.49. The third-order valence-electron chi connectivity index (χ3n) is 4.60. The summed E-state index contributed by atoms with van der Waals surface area (Å²) in [6.45, 7) is 8.07. The van der Waals surface area contributed by atoms with Gasteiger partial charge in [0, 0.05) is 38.0 Å². The molecule has 1 saturated heterocycles. The van der Waals surface area contributed by atoms with Gasteiger partial charge in [-0.1, -0.05) is 13.8 Å². The lowest BCUT2D eigenvalue weighted by atomic mass is 10.0. The Bertz CT molecular complexity index is 594. The Morgan fingerprint density at radius 1 is 1.30 bits per heavy atom. The van der Waals surface area contributed by atoms with Gasteiger partial charge in [-0.15, -0.1) is 11.3 Å². The first-order chi connectivity index (χ1) is 12.8. The number of hydrogen-bond acceptors (Lipinski definition) is 4. The van der Waals surface area contributed by atoms with Gasteiger partial charge in [0.2, 0.25) is 0 Å². The summed E-state index contributed by atoms with van der Waals surface area (Å²) in [7, 11) is 1.70. The molecular weight excluding hydrogens is 375 g/mol. The second-order valence-electron chi connectivity index (χ2n) is 7.28. The van der Waals surface area contributed by atoms with Crippen molar-refractivity contribution >= 4 is 17.3 Å². The van der Waals surface area contributed by atoms with Crippen molar-refractivity contribution in [2.75, 3.05) is 33.2 Å². The van der Waals surface area contributed by atoms with Gasteiger partial charge in [-0.3, -0.25) is 9.89 Å². The molecular formula is C18H30F3N5S. The van der Waals surface area contributed by atoms with Crippen LogP contribution in [0.2, 0.25) is 0 Å². The number of nitrogens with one attached hydrogen (secondary N) is 2. The van der Waals surface area contributed by atoms with Gasteiger partial charge in [-0.25, -0.2) is 4.98 Å². The van der Waals surface area contributed by atoms with Crippen LogP contribution in [0.4, 0.5) is 13.2 Å². The van der Waals surface area contributed by atoms with Gasteiger partial charge in [0.15, 0.2) is 11.7 Å². The zero-order valence-electron chi connectivity index (χ0n) is 16.3. The number of aliphatic imine (C=N–C) groups is 1. The minimum atomic E-state index is -4.37. The van der Waals surface area contributed by atoms with Crippen LogP contribution in [0.15, 0.2) is 10.4 Å². The molecule has 1 fully saturated rings. The Labute approximate surface area is 163 Å².